The fourth-order valence-corrected chi connectivity index (χ4v) is 3.10. The van der Waals surface area contributed by atoms with E-state index in [1.165, 1.54) is 51.6 Å². The molecule has 0 spiro atoms. The summed E-state index contributed by atoms with van der Waals surface area (Å²) in [7, 11) is 0. The first-order chi connectivity index (χ1) is 8.13. The van der Waals surface area contributed by atoms with Crippen molar-refractivity contribution in [2.24, 2.45) is 23.7 Å². The molecule has 3 unspecified atom stereocenters. The number of hydrogen-bond donors (Lipinski definition) is 1. The zero-order valence-corrected chi connectivity index (χ0v) is 12.5. The summed E-state index contributed by atoms with van der Waals surface area (Å²) in [4.78, 5) is 0. The first-order valence-electron chi connectivity index (χ1n) is 7.84. The van der Waals surface area contributed by atoms with Gasteiger partial charge in [0.2, 0.25) is 0 Å². The average Bonchev–Trinajstić information content (AvgIpc) is 2.30. The summed E-state index contributed by atoms with van der Waals surface area (Å²) in [5.41, 5.74) is 0. The van der Waals surface area contributed by atoms with Gasteiger partial charge in [0.05, 0.1) is 0 Å². The van der Waals surface area contributed by atoms with Gasteiger partial charge < -0.3 is 5.32 Å². The van der Waals surface area contributed by atoms with Crippen LogP contribution in [0.15, 0.2) is 0 Å². The minimum atomic E-state index is 0.784. The van der Waals surface area contributed by atoms with Gasteiger partial charge in [-0.25, -0.2) is 0 Å². The summed E-state index contributed by atoms with van der Waals surface area (Å²) in [6.45, 7) is 11.8. The Morgan fingerprint density at radius 1 is 1.06 bits per heavy atom. The molecule has 0 aliphatic heterocycles. The van der Waals surface area contributed by atoms with Crippen LogP contribution < -0.4 is 5.32 Å². The molecule has 1 aliphatic carbocycles. The molecular weight excluding hydrogens is 206 g/mol. The van der Waals surface area contributed by atoms with Crippen LogP contribution in [0.4, 0.5) is 0 Å². The van der Waals surface area contributed by atoms with Gasteiger partial charge in [-0.1, -0.05) is 53.4 Å². The van der Waals surface area contributed by atoms with Gasteiger partial charge in [-0.3, -0.25) is 0 Å². The molecule has 1 fully saturated rings. The summed E-state index contributed by atoms with van der Waals surface area (Å²) in [6, 6.07) is 0. The molecule has 1 saturated carbocycles. The van der Waals surface area contributed by atoms with E-state index in [0.29, 0.717) is 0 Å². The highest BCUT2D eigenvalue weighted by molar-refractivity contribution is 4.78. The van der Waals surface area contributed by atoms with Gasteiger partial charge in [0.1, 0.15) is 0 Å². The van der Waals surface area contributed by atoms with Crippen molar-refractivity contribution in [2.45, 2.75) is 66.2 Å². The number of nitrogens with one attached hydrogen (secondary N) is 1. The maximum Gasteiger partial charge on any atom is -0.00178 e. The van der Waals surface area contributed by atoms with E-state index in [-0.39, 0.29) is 0 Å². The molecule has 102 valence electrons. The van der Waals surface area contributed by atoms with E-state index in [0.717, 1.165) is 23.7 Å². The minimum Gasteiger partial charge on any atom is -0.316 e. The molecule has 0 amide bonds. The molecule has 1 rings (SSSR count). The first kappa shape index (κ1) is 15.0. The van der Waals surface area contributed by atoms with E-state index < -0.39 is 0 Å². The van der Waals surface area contributed by atoms with Crippen molar-refractivity contribution in [2.75, 3.05) is 13.1 Å². The molecule has 0 aromatic heterocycles. The maximum atomic E-state index is 3.68. The lowest BCUT2D eigenvalue weighted by atomic mass is 9.74. The average molecular weight is 239 g/mol. The van der Waals surface area contributed by atoms with Crippen LogP contribution in [0, 0.1) is 23.7 Å². The summed E-state index contributed by atoms with van der Waals surface area (Å²) in [5, 5.41) is 3.68. The SMILES string of the molecule is CCC(C)CC1CCCCC1CNCC(C)C. The van der Waals surface area contributed by atoms with Gasteiger partial charge in [-0.15, -0.1) is 0 Å². The van der Waals surface area contributed by atoms with E-state index in [4.69, 9.17) is 0 Å². The van der Waals surface area contributed by atoms with E-state index in [2.05, 4.69) is 33.0 Å². The number of hydrogen-bond acceptors (Lipinski definition) is 1. The smallest absolute Gasteiger partial charge is 0.00178 e. The van der Waals surface area contributed by atoms with Crippen LogP contribution in [0.1, 0.15) is 66.2 Å². The molecule has 1 aliphatic rings. The summed E-state index contributed by atoms with van der Waals surface area (Å²) >= 11 is 0. The lowest BCUT2D eigenvalue weighted by Crippen LogP contribution is -2.33. The second-order valence-corrected chi connectivity index (χ2v) is 6.61. The third kappa shape index (κ3) is 5.90. The molecule has 1 N–H and O–H groups in total. The van der Waals surface area contributed by atoms with E-state index >= 15 is 0 Å². The lowest BCUT2D eigenvalue weighted by Gasteiger charge is -2.33. The monoisotopic (exact) mass is 239 g/mol. The molecule has 0 radical (unpaired) electrons. The van der Waals surface area contributed by atoms with Crippen molar-refractivity contribution in [3.8, 4) is 0 Å². The minimum absolute atomic E-state index is 0.784. The molecule has 0 bridgehead atoms. The molecule has 1 heteroatoms. The molecule has 0 aromatic carbocycles. The van der Waals surface area contributed by atoms with Crippen LogP contribution in [-0.2, 0) is 0 Å². The van der Waals surface area contributed by atoms with Crippen molar-refractivity contribution in [1.29, 1.82) is 0 Å². The van der Waals surface area contributed by atoms with Gasteiger partial charge in [0.25, 0.3) is 0 Å². The Bertz CT molecular complexity index is 188. The number of rotatable bonds is 7. The van der Waals surface area contributed by atoms with E-state index in [1.807, 2.05) is 0 Å². The zero-order valence-electron chi connectivity index (χ0n) is 12.5. The normalized spacial score (nSPS) is 27.4. The van der Waals surface area contributed by atoms with Crippen LogP contribution in [0.25, 0.3) is 0 Å². The first-order valence-corrected chi connectivity index (χ1v) is 7.84. The van der Waals surface area contributed by atoms with Gasteiger partial charge in [0.15, 0.2) is 0 Å². The quantitative estimate of drug-likeness (QED) is 0.691. The third-order valence-electron chi connectivity index (χ3n) is 4.43. The van der Waals surface area contributed by atoms with Crippen molar-refractivity contribution in [1.82, 2.24) is 5.32 Å². The van der Waals surface area contributed by atoms with Crippen molar-refractivity contribution < 1.29 is 0 Å². The maximum absolute atomic E-state index is 3.68. The summed E-state index contributed by atoms with van der Waals surface area (Å²) in [5.74, 6) is 3.66. The third-order valence-corrected chi connectivity index (χ3v) is 4.43. The van der Waals surface area contributed by atoms with Crippen molar-refractivity contribution in [3.05, 3.63) is 0 Å². The van der Waals surface area contributed by atoms with Gasteiger partial charge in [0, 0.05) is 0 Å². The molecule has 17 heavy (non-hydrogen) atoms. The molecule has 3 atom stereocenters. The Labute approximate surface area is 109 Å². The predicted molar refractivity (Wildman–Crippen MR) is 77.2 cm³/mol. The van der Waals surface area contributed by atoms with Crippen LogP contribution in [0.2, 0.25) is 0 Å². The standard InChI is InChI=1S/C16H33N/c1-5-14(4)10-15-8-6-7-9-16(15)12-17-11-13(2)3/h13-17H,5-12H2,1-4H3. The highest BCUT2D eigenvalue weighted by Crippen LogP contribution is 2.34. The Morgan fingerprint density at radius 2 is 1.71 bits per heavy atom. The lowest BCUT2D eigenvalue weighted by molar-refractivity contribution is 0.192. The molecule has 0 heterocycles. The fraction of sp³-hybridized carbons (Fsp3) is 1.00. The second kappa shape index (κ2) is 8.13. The van der Waals surface area contributed by atoms with E-state index in [1.54, 1.807) is 0 Å². The van der Waals surface area contributed by atoms with Crippen LogP contribution in [0.3, 0.4) is 0 Å². The molecule has 0 saturated heterocycles. The molecular formula is C16H33N. The van der Waals surface area contributed by atoms with Gasteiger partial charge >= 0.3 is 0 Å². The predicted octanol–water partition coefficient (Wildman–Crippen LogP) is 4.47. The fourth-order valence-electron chi connectivity index (χ4n) is 3.10. The van der Waals surface area contributed by atoms with Crippen molar-refractivity contribution >= 4 is 0 Å². The van der Waals surface area contributed by atoms with Crippen LogP contribution >= 0.6 is 0 Å². The van der Waals surface area contributed by atoms with E-state index in [9.17, 15) is 0 Å². The largest absolute Gasteiger partial charge is 0.316 e. The summed E-state index contributed by atoms with van der Waals surface area (Å²) < 4.78 is 0. The molecule has 0 aromatic rings. The Morgan fingerprint density at radius 3 is 2.29 bits per heavy atom. The Kier molecular flexibility index (Phi) is 7.18. The Balaban J connectivity index is 2.31. The zero-order chi connectivity index (χ0) is 12.7. The topological polar surface area (TPSA) is 12.0 Å². The highest BCUT2D eigenvalue weighted by atomic mass is 14.9. The van der Waals surface area contributed by atoms with Gasteiger partial charge in [-0.05, 0) is 49.6 Å². The Hall–Kier alpha value is -0.0400. The van der Waals surface area contributed by atoms with Gasteiger partial charge in [-0.2, -0.15) is 0 Å². The highest BCUT2D eigenvalue weighted by Gasteiger charge is 2.25. The second-order valence-electron chi connectivity index (χ2n) is 6.61. The molecule has 1 nitrogen and oxygen atoms in total. The van der Waals surface area contributed by atoms with Crippen molar-refractivity contribution in [3.63, 3.8) is 0 Å². The summed E-state index contributed by atoms with van der Waals surface area (Å²) in [6.07, 6.45) is 8.70. The van der Waals surface area contributed by atoms with Crippen LogP contribution in [-0.4, -0.2) is 13.1 Å². The van der Waals surface area contributed by atoms with Crippen LogP contribution in [0.5, 0.6) is 0 Å².